The molecule has 0 aromatic heterocycles. The van der Waals surface area contributed by atoms with Crippen LogP contribution < -0.4 is 0 Å². The van der Waals surface area contributed by atoms with Gasteiger partial charge < -0.3 is 8.68 Å². The van der Waals surface area contributed by atoms with Crippen molar-refractivity contribution in [2.24, 2.45) is 16.1 Å². The van der Waals surface area contributed by atoms with Crippen LogP contribution in [0.3, 0.4) is 0 Å². The molecule has 1 saturated carbocycles. The third-order valence-corrected chi connectivity index (χ3v) is 18.9. The Labute approximate surface area is 186 Å². The predicted molar refractivity (Wildman–Crippen MR) is 144 cm³/mol. The van der Waals surface area contributed by atoms with Crippen LogP contribution in [0, 0.1) is 5.92 Å². The van der Waals surface area contributed by atoms with Crippen LogP contribution in [0.1, 0.15) is 39.0 Å². The molecule has 0 heterocycles. The number of hydrogen-bond acceptors (Lipinski definition) is 4. The van der Waals surface area contributed by atoms with Gasteiger partial charge in [0.2, 0.25) is 0 Å². The van der Waals surface area contributed by atoms with Gasteiger partial charge in [-0.05, 0) is 44.9 Å². The van der Waals surface area contributed by atoms with Crippen LogP contribution in [0.4, 0.5) is 0 Å². The monoisotopic (exact) mass is 470 g/mol. The van der Waals surface area contributed by atoms with E-state index in [9.17, 15) is 0 Å². The fourth-order valence-electron chi connectivity index (χ4n) is 4.70. The summed E-state index contributed by atoms with van der Waals surface area (Å²) in [6.45, 7) is 31.4. The van der Waals surface area contributed by atoms with Crippen molar-refractivity contribution in [3.8, 4) is 0 Å². The SMILES string of the molecule is CC(CC1CCC(=NN([Si](C)(C)C)[Si](C)(C)C)CC1)=NN([Si](C)(C)C)[Si](C)(C)C. The van der Waals surface area contributed by atoms with Gasteiger partial charge in [0.15, 0.2) is 32.9 Å². The van der Waals surface area contributed by atoms with Crippen molar-refractivity contribution in [3.05, 3.63) is 0 Å². The van der Waals surface area contributed by atoms with E-state index in [1.807, 2.05) is 0 Å². The lowest BCUT2D eigenvalue weighted by atomic mass is 9.85. The van der Waals surface area contributed by atoms with E-state index in [1.165, 1.54) is 37.1 Å². The van der Waals surface area contributed by atoms with E-state index in [-0.39, 0.29) is 0 Å². The van der Waals surface area contributed by atoms with E-state index < -0.39 is 32.9 Å². The van der Waals surface area contributed by atoms with Crippen molar-refractivity contribution in [2.45, 2.75) is 118 Å². The minimum atomic E-state index is -1.43. The third kappa shape index (κ3) is 8.83. The maximum Gasteiger partial charge on any atom is 0.158 e. The quantitative estimate of drug-likeness (QED) is 0.212. The molecule has 1 rings (SSSR count). The van der Waals surface area contributed by atoms with Crippen LogP contribution in [0.5, 0.6) is 0 Å². The molecule has 1 aliphatic carbocycles. The highest BCUT2D eigenvalue weighted by atomic mass is 28.4. The number of hydrogen-bond donors (Lipinski definition) is 0. The Morgan fingerprint density at radius 2 is 1.10 bits per heavy atom. The van der Waals surface area contributed by atoms with Gasteiger partial charge in [-0.2, -0.15) is 0 Å². The van der Waals surface area contributed by atoms with Crippen molar-refractivity contribution in [2.75, 3.05) is 0 Å². The van der Waals surface area contributed by atoms with Crippen LogP contribution in [0.2, 0.25) is 78.6 Å². The molecule has 4 nitrogen and oxygen atoms in total. The Hall–Kier alpha value is -0.192. The number of rotatable bonds is 8. The molecule has 0 radical (unpaired) electrons. The lowest BCUT2D eigenvalue weighted by Gasteiger charge is -2.42. The fraction of sp³-hybridized carbons (Fsp3) is 0.905. The normalized spacial score (nSPS) is 20.0. The molecule has 0 atom stereocenters. The van der Waals surface area contributed by atoms with Gasteiger partial charge in [-0.3, -0.25) is 0 Å². The first-order valence-corrected chi connectivity index (χ1v) is 25.3. The zero-order chi connectivity index (χ0) is 22.8. The minimum Gasteiger partial charge on any atom is -0.350 e. The second-order valence-electron chi connectivity index (χ2n) is 13.0. The van der Waals surface area contributed by atoms with E-state index in [0.717, 1.165) is 12.3 Å². The zero-order valence-electron chi connectivity index (χ0n) is 21.9. The van der Waals surface area contributed by atoms with Crippen LogP contribution >= 0.6 is 0 Å². The molecule has 170 valence electrons. The third-order valence-electron chi connectivity index (χ3n) is 5.32. The molecule has 8 heteroatoms. The molecule has 0 N–H and O–H groups in total. The first-order chi connectivity index (χ1) is 12.8. The molecule has 0 aliphatic heterocycles. The molecule has 0 bridgehead atoms. The Kier molecular flexibility index (Phi) is 8.82. The molecular formula is C21H50N4Si4. The van der Waals surface area contributed by atoms with E-state index in [4.69, 9.17) is 10.2 Å². The van der Waals surface area contributed by atoms with Gasteiger partial charge in [0.25, 0.3) is 0 Å². The molecule has 0 spiro atoms. The highest BCUT2D eigenvalue weighted by Crippen LogP contribution is 2.29. The fourth-order valence-corrected chi connectivity index (χ4v) is 22.6. The van der Waals surface area contributed by atoms with E-state index >= 15 is 0 Å². The minimum absolute atomic E-state index is 0.773. The Bertz CT molecular complexity index is 566. The van der Waals surface area contributed by atoms with Crippen LogP contribution in [-0.2, 0) is 0 Å². The van der Waals surface area contributed by atoms with Crippen LogP contribution in [0.25, 0.3) is 0 Å². The summed E-state index contributed by atoms with van der Waals surface area (Å²) in [5, 5.41) is 10.4. The van der Waals surface area contributed by atoms with Crippen molar-refractivity contribution in [1.29, 1.82) is 0 Å². The van der Waals surface area contributed by atoms with Crippen molar-refractivity contribution in [1.82, 2.24) is 8.68 Å². The maximum atomic E-state index is 5.25. The van der Waals surface area contributed by atoms with E-state index in [1.54, 1.807) is 0 Å². The lowest BCUT2D eigenvalue weighted by molar-refractivity contribution is 0.450. The molecule has 1 aliphatic rings. The highest BCUT2D eigenvalue weighted by Gasteiger charge is 2.35. The summed E-state index contributed by atoms with van der Waals surface area (Å²) < 4.78 is 5.15. The summed E-state index contributed by atoms with van der Waals surface area (Å²) in [7, 11) is -5.68. The summed E-state index contributed by atoms with van der Waals surface area (Å²) in [6.07, 6.45) is 6.06. The summed E-state index contributed by atoms with van der Waals surface area (Å²) in [5.41, 5.74) is 2.79. The average molecular weight is 471 g/mol. The number of nitrogens with zero attached hydrogens (tertiary/aromatic N) is 4. The van der Waals surface area contributed by atoms with E-state index in [0.29, 0.717) is 0 Å². The van der Waals surface area contributed by atoms with Gasteiger partial charge in [-0.1, -0.05) is 78.6 Å². The summed E-state index contributed by atoms with van der Waals surface area (Å²) in [4.78, 5) is 0. The largest absolute Gasteiger partial charge is 0.350 e. The van der Waals surface area contributed by atoms with Crippen molar-refractivity contribution >= 4 is 44.4 Å². The smallest absolute Gasteiger partial charge is 0.158 e. The molecule has 29 heavy (non-hydrogen) atoms. The Morgan fingerprint density at radius 3 is 1.45 bits per heavy atom. The first kappa shape index (κ1) is 26.8. The molecule has 0 aromatic carbocycles. The number of hydrazone groups is 2. The van der Waals surface area contributed by atoms with Gasteiger partial charge in [0, 0.05) is 11.4 Å². The maximum absolute atomic E-state index is 5.25. The first-order valence-electron chi connectivity index (χ1n) is 11.5. The van der Waals surface area contributed by atoms with Crippen molar-refractivity contribution < 1.29 is 0 Å². The molecule has 0 amide bonds. The summed E-state index contributed by atoms with van der Waals surface area (Å²) in [6, 6.07) is 0. The van der Waals surface area contributed by atoms with Gasteiger partial charge in [-0.25, -0.2) is 10.2 Å². The Morgan fingerprint density at radius 1 is 0.724 bits per heavy atom. The summed E-state index contributed by atoms with van der Waals surface area (Å²) >= 11 is 0. The van der Waals surface area contributed by atoms with Gasteiger partial charge >= 0.3 is 0 Å². The summed E-state index contributed by atoms with van der Waals surface area (Å²) in [5.74, 6) is 0.773. The molecular weight excluding hydrogens is 421 g/mol. The predicted octanol–water partition coefficient (Wildman–Crippen LogP) is 7.24. The molecule has 0 aromatic rings. The Balaban J connectivity index is 2.80. The van der Waals surface area contributed by atoms with E-state index in [2.05, 4.69) is 94.2 Å². The van der Waals surface area contributed by atoms with Crippen molar-refractivity contribution in [3.63, 3.8) is 0 Å². The molecule has 0 saturated heterocycles. The standard InChI is InChI=1S/C21H50N4Si4/c1-19(22-24(26(2,3)4)27(5,6)7)18-20-14-16-21(17-15-20)23-25(28(8,9)10)29(11,12)13/h20H,14-18H2,1-13H3. The average Bonchev–Trinajstić information content (AvgIpc) is 2.47. The zero-order valence-corrected chi connectivity index (χ0v) is 25.9. The van der Waals surface area contributed by atoms with Crippen LogP contribution in [0.15, 0.2) is 10.2 Å². The molecule has 0 unspecified atom stereocenters. The van der Waals surface area contributed by atoms with Gasteiger partial charge in [0.1, 0.15) is 0 Å². The topological polar surface area (TPSA) is 31.2 Å². The van der Waals surface area contributed by atoms with Gasteiger partial charge in [0.05, 0.1) is 0 Å². The second-order valence-corrected chi connectivity index (χ2v) is 32.9. The highest BCUT2D eigenvalue weighted by molar-refractivity contribution is 6.90. The lowest BCUT2D eigenvalue weighted by Crippen LogP contribution is -2.56. The molecule has 1 fully saturated rings. The van der Waals surface area contributed by atoms with Gasteiger partial charge in [-0.15, -0.1) is 0 Å². The van der Waals surface area contributed by atoms with Crippen LogP contribution in [-0.4, -0.2) is 53.0 Å². The second kappa shape index (κ2) is 9.52.